The lowest BCUT2D eigenvalue weighted by Gasteiger charge is -2.08. The van der Waals surface area contributed by atoms with E-state index >= 15 is 0 Å². The second kappa shape index (κ2) is 26.6. The molecule has 0 aliphatic heterocycles. The summed E-state index contributed by atoms with van der Waals surface area (Å²) >= 11 is 0. The van der Waals surface area contributed by atoms with Gasteiger partial charge in [0.05, 0.1) is 0 Å². The predicted octanol–water partition coefficient (Wildman–Crippen LogP) is 16.6. The molecule has 12 aromatic rings. The maximum absolute atomic E-state index is 2.28. The number of benzene rings is 8. The molecule has 0 radical (unpaired) electrons. The summed E-state index contributed by atoms with van der Waals surface area (Å²) in [4.78, 5) is 0. The molecule has 8 aromatic carbocycles. The van der Waals surface area contributed by atoms with Crippen molar-refractivity contribution in [3.8, 4) is 89.7 Å². The van der Waals surface area contributed by atoms with E-state index in [0.717, 1.165) is 0 Å². The molecule has 0 fully saturated rings. The Kier molecular flexibility index (Phi) is 18.3. The Morgan fingerprint density at radius 1 is 0.212 bits per heavy atom. The molecule has 0 atom stereocenters. The van der Waals surface area contributed by atoms with E-state index in [1.807, 2.05) is 6.07 Å². The van der Waals surface area contributed by atoms with Gasteiger partial charge in [-0.25, -0.2) is 13.7 Å². The molecule has 4 nitrogen and oxygen atoms in total. The van der Waals surface area contributed by atoms with Gasteiger partial charge in [-0.1, -0.05) is 170 Å². The van der Waals surface area contributed by atoms with Crippen LogP contribution in [0.1, 0.15) is 22.3 Å². The van der Waals surface area contributed by atoms with Crippen LogP contribution in [-0.4, -0.2) is 0 Å². The van der Waals surface area contributed by atoms with Crippen molar-refractivity contribution in [2.24, 2.45) is 28.2 Å². The Balaban J connectivity index is 0.000000129. The second-order valence-corrected chi connectivity index (χ2v) is 20.3. The molecular weight excluding hydrogens is 969 g/mol. The van der Waals surface area contributed by atoms with E-state index in [9.17, 15) is 0 Å². The third-order valence-electron chi connectivity index (χ3n) is 14.7. The topological polar surface area (TPSA) is 15.5 Å². The van der Waals surface area contributed by atoms with Crippen molar-refractivity contribution in [2.75, 3.05) is 0 Å². The smallest absolute Gasteiger partial charge is 0.201 e. The Hall–Kier alpha value is -9.64. The molecule has 0 spiro atoms. The summed E-state index contributed by atoms with van der Waals surface area (Å²) in [5.41, 5.74) is 25.3. The fourth-order valence-corrected chi connectivity index (χ4v) is 10.2. The molecule has 0 saturated carbocycles. The third-order valence-corrected chi connectivity index (χ3v) is 14.7. The Morgan fingerprint density at radius 2 is 0.588 bits per heavy atom. The SMILES string of the molecule is Cc1cc(-c2ccccc2)ccc1-c1cccc[n+]1C.Cc1ccc(-c2ccccc2)cc1-c1cccc[n+]1C.Cc1ccccc1-c1ccc(-c2ccccc2)c[n+]1C.Cc1ccccc1-c1cccc(-c2ccccc2)[n+]1C. The summed E-state index contributed by atoms with van der Waals surface area (Å²) in [6.45, 7) is 8.65. The molecular formula is C76H72N4+4. The standard InChI is InChI=1S/4C19H18N/c1-15-9-6-7-12-17(15)19-14-8-13-18(20(19)2)16-10-4-3-5-11-16;1-15-8-6-7-11-18(15)19-13-12-17(14-20(19)2)16-9-4-3-5-10-16;1-15-14-17(16-8-4-3-5-9-16)11-12-18(15)19-10-6-7-13-20(19)2;1-15-11-12-17(16-8-4-3-5-9-16)14-18(15)19-10-6-7-13-20(19)2/h4*3-14H,1-2H3/q4*+1. The van der Waals surface area contributed by atoms with Gasteiger partial charge in [0.25, 0.3) is 0 Å². The first-order valence-electron chi connectivity index (χ1n) is 27.5. The molecule has 392 valence electrons. The zero-order valence-corrected chi connectivity index (χ0v) is 47.5. The first-order valence-corrected chi connectivity index (χ1v) is 27.5. The maximum Gasteiger partial charge on any atom is 0.213 e. The molecule has 4 heteroatoms. The summed E-state index contributed by atoms with van der Waals surface area (Å²) in [5.74, 6) is 0. The minimum Gasteiger partial charge on any atom is -0.201 e. The summed E-state index contributed by atoms with van der Waals surface area (Å²) < 4.78 is 8.78. The molecule has 0 bridgehead atoms. The lowest BCUT2D eigenvalue weighted by Crippen LogP contribution is -2.33. The first kappa shape index (κ1) is 55.1. The van der Waals surface area contributed by atoms with Gasteiger partial charge >= 0.3 is 0 Å². The highest BCUT2D eigenvalue weighted by atomic mass is 14.9. The fraction of sp³-hybridized carbons (Fsp3) is 0.105. The largest absolute Gasteiger partial charge is 0.213 e. The van der Waals surface area contributed by atoms with Gasteiger partial charge in [0.2, 0.25) is 28.5 Å². The number of pyridine rings is 4. The van der Waals surface area contributed by atoms with Crippen LogP contribution in [0.2, 0.25) is 0 Å². The van der Waals surface area contributed by atoms with Gasteiger partial charge in [0, 0.05) is 75.8 Å². The Morgan fingerprint density at radius 3 is 1.10 bits per heavy atom. The third kappa shape index (κ3) is 13.5. The monoisotopic (exact) mass is 1040 g/mol. The maximum atomic E-state index is 2.28. The minimum absolute atomic E-state index is 1.23. The molecule has 0 unspecified atom stereocenters. The number of nitrogens with zero attached hydrogens (tertiary/aromatic N) is 4. The number of rotatable bonds is 8. The van der Waals surface area contributed by atoms with Gasteiger partial charge in [-0.15, -0.1) is 0 Å². The van der Waals surface area contributed by atoms with E-state index in [0.29, 0.717) is 0 Å². The zero-order chi connectivity index (χ0) is 55.8. The molecule has 80 heavy (non-hydrogen) atoms. The zero-order valence-electron chi connectivity index (χ0n) is 47.5. The van der Waals surface area contributed by atoms with E-state index in [1.165, 1.54) is 112 Å². The summed E-state index contributed by atoms with van der Waals surface area (Å²) in [6.07, 6.45) is 6.36. The van der Waals surface area contributed by atoms with Crippen LogP contribution >= 0.6 is 0 Å². The van der Waals surface area contributed by atoms with Crippen molar-refractivity contribution in [2.45, 2.75) is 27.7 Å². The molecule has 12 rings (SSSR count). The molecule has 0 aliphatic carbocycles. The van der Waals surface area contributed by atoms with Crippen LogP contribution in [0.4, 0.5) is 0 Å². The molecule has 0 aliphatic rings. The van der Waals surface area contributed by atoms with E-state index in [4.69, 9.17) is 0 Å². The Bertz CT molecular complexity index is 3790. The predicted molar refractivity (Wildman–Crippen MR) is 333 cm³/mol. The van der Waals surface area contributed by atoms with Gasteiger partial charge < -0.3 is 0 Å². The molecule has 0 amide bonds. The fourth-order valence-electron chi connectivity index (χ4n) is 10.2. The van der Waals surface area contributed by atoms with Crippen LogP contribution in [0.25, 0.3) is 89.7 Å². The second-order valence-electron chi connectivity index (χ2n) is 20.3. The van der Waals surface area contributed by atoms with Crippen LogP contribution in [-0.2, 0) is 28.2 Å². The lowest BCUT2D eigenvalue weighted by molar-refractivity contribution is -0.660. The van der Waals surface area contributed by atoms with E-state index < -0.39 is 0 Å². The van der Waals surface area contributed by atoms with Crippen LogP contribution in [0, 0.1) is 27.7 Å². The van der Waals surface area contributed by atoms with Gasteiger partial charge in [-0.3, -0.25) is 0 Å². The lowest BCUT2D eigenvalue weighted by atomic mass is 9.97. The van der Waals surface area contributed by atoms with E-state index in [1.54, 1.807) is 0 Å². The van der Waals surface area contributed by atoms with Crippen LogP contribution in [0.15, 0.2) is 292 Å². The highest BCUT2D eigenvalue weighted by Crippen LogP contribution is 2.30. The minimum atomic E-state index is 1.23. The van der Waals surface area contributed by atoms with Gasteiger partial charge in [0.15, 0.2) is 18.6 Å². The first-order chi connectivity index (χ1) is 39.0. The van der Waals surface area contributed by atoms with Crippen molar-refractivity contribution in [3.05, 3.63) is 314 Å². The number of hydrogen-bond acceptors (Lipinski definition) is 0. The summed E-state index contributed by atoms with van der Waals surface area (Å²) in [5, 5.41) is 0. The van der Waals surface area contributed by atoms with Crippen molar-refractivity contribution in [3.63, 3.8) is 0 Å². The van der Waals surface area contributed by atoms with Gasteiger partial charge in [-0.05, 0) is 138 Å². The van der Waals surface area contributed by atoms with Crippen molar-refractivity contribution >= 4 is 0 Å². The normalized spacial score (nSPS) is 10.5. The molecule has 0 N–H and O–H groups in total. The molecule has 4 heterocycles. The average Bonchev–Trinajstić information content (AvgIpc) is 3.61. The van der Waals surface area contributed by atoms with E-state index in [2.05, 4.69) is 360 Å². The van der Waals surface area contributed by atoms with Gasteiger partial charge in [0.1, 0.15) is 28.2 Å². The van der Waals surface area contributed by atoms with Crippen LogP contribution in [0.5, 0.6) is 0 Å². The van der Waals surface area contributed by atoms with Crippen LogP contribution < -0.4 is 18.3 Å². The van der Waals surface area contributed by atoms with E-state index in [-0.39, 0.29) is 0 Å². The van der Waals surface area contributed by atoms with Crippen molar-refractivity contribution in [1.82, 2.24) is 0 Å². The van der Waals surface area contributed by atoms with Crippen molar-refractivity contribution < 1.29 is 18.3 Å². The van der Waals surface area contributed by atoms with Crippen LogP contribution in [0.3, 0.4) is 0 Å². The van der Waals surface area contributed by atoms with Crippen molar-refractivity contribution in [1.29, 1.82) is 0 Å². The number of aromatic nitrogens is 4. The summed E-state index contributed by atoms with van der Waals surface area (Å²) in [7, 11) is 8.40. The molecule has 0 saturated heterocycles. The highest BCUT2D eigenvalue weighted by molar-refractivity contribution is 5.74. The number of hydrogen-bond donors (Lipinski definition) is 0. The molecule has 4 aromatic heterocycles. The quantitative estimate of drug-likeness (QED) is 0.135. The summed E-state index contributed by atoms with van der Waals surface area (Å²) in [6, 6.07) is 95.8. The number of aryl methyl sites for hydroxylation is 7. The Labute approximate surface area is 475 Å². The van der Waals surface area contributed by atoms with Gasteiger partial charge in [-0.2, -0.15) is 4.57 Å². The highest BCUT2D eigenvalue weighted by Gasteiger charge is 2.18. The average molecular weight is 1040 g/mol.